The largest absolute Gasteiger partial charge is 0.333 e. The predicted octanol–water partition coefficient (Wildman–Crippen LogP) is 3.87. The van der Waals surface area contributed by atoms with E-state index in [4.69, 9.17) is 0 Å². The molecule has 0 spiro atoms. The average molecular weight is 376 g/mol. The number of benzene rings is 1. The van der Waals surface area contributed by atoms with Gasteiger partial charge in [0.15, 0.2) is 0 Å². The van der Waals surface area contributed by atoms with Gasteiger partial charge in [-0.3, -0.25) is 4.79 Å². The van der Waals surface area contributed by atoms with Gasteiger partial charge in [-0.1, -0.05) is 23.9 Å². The summed E-state index contributed by atoms with van der Waals surface area (Å²) < 4.78 is 1.06. The molecule has 1 N–H and O–H groups in total. The van der Waals surface area contributed by atoms with Crippen molar-refractivity contribution in [2.75, 3.05) is 11.5 Å². The van der Waals surface area contributed by atoms with E-state index in [1.54, 1.807) is 34.9 Å². The molecule has 1 amide bonds. The molecule has 1 fully saturated rings. The number of nitrogens with zero attached hydrogens (tertiary/aromatic N) is 2. The van der Waals surface area contributed by atoms with Gasteiger partial charge in [-0.25, -0.2) is 4.98 Å². The smallest absolute Gasteiger partial charge is 0.252 e. The van der Waals surface area contributed by atoms with Gasteiger partial charge in [0.05, 0.1) is 6.07 Å². The number of carbonyl (C=O) groups excluding carboxylic acids is 1. The van der Waals surface area contributed by atoms with Gasteiger partial charge in [0.1, 0.15) is 9.88 Å². The van der Waals surface area contributed by atoms with Crippen molar-refractivity contribution in [1.82, 2.24) is 10.3 Å². The van der Waals surface area contributed by atoms with Crippen LogP contribution < -0.4 is 5.32 Å². The molecule has 0 aliphatic carbocycles. The number of thioether (sulfide) groups is 2. The Hall–Kier alpha value is -1.49. The van der Waals surface area contributed by atoms with E-state index in [2.05, 4.69) is 16.4 Å². The topological polar surface area (TPSA) is 65.8 Å². The predicted molar refractivity (Wildman–Crippen MR) is 101 cm³/mol. The van der Waals surface area contributed by atoms with Crippen LogP contribution in [0.1, 0.15) is 28.0 Å². The minimum absolute atomic E-state index is 0.172. The highest BCUT2D eigenvalue weighted by Crippen LogP contribution is 2.28. The number of hydrogen-bond donors (Lipinski definition) is 1. The Morgan fingerprint density at radius 2 is 2.25 bits per heavy atom. The number of aromatic nitrogens is 1. The SMILES string of the molecule is Cc1csc(SCc2ccc(C(=O)N[C@]3(C#N)CCSC3)cc2)n1. The van der Waals surface area contributed by atoms with Crippen molar-refractivity contribution in [3.63, 3.8) is 0 Å². The van der Waals surface area contributed by atoms with E-state index in [0.29, 0.717) is 17.7 Å². The minimum Gasteiger partial charge on any atom is -0.333 e. The normalized spacial score (nSPS) is 19.8. The van der Waals surface area contributed by atoms with Gasteiger partial charge in [-0.05, 0) is 36.8 Å². The summed E-state index contributed by atoms with van der Waals surface area (Å²) in [6, 6.07) is 9.84. The van der Waals surface area contributed by atoms with Crippen LogP contribution in [-0.2, 0) is 5.75 Å². The fourth-order valence-corrected chi connectivity index (χ4v) is 5.44. The Balaban J connectivity index is 1.59. The summed E-state index contributed by atoms with van der Waals surface area (Å²) in [5, 5.41) is 14.3. The maximum atomic E-state index is 12.4. The second-order valence-electron chi connectivity index (χ2n) is 5.69. The lowest BCUT2D eigenvalue weighted by Crippen LogP contribution is -2.47. The van der Waals surface area contributed by atoms with Crippen molar-refractivity contribution < 1.29 is 4.79 Å². The van der Waals surface area contributed by atoms with Gasteiger partial charge >= 0.3 is 0 Å². The first-order valence-corrected chi connectivity index (χ1v) is 10.6. The van der Waals surface area contributed by atoms with Crippen LogP contribution in [0.2, 0.25) is 0 Å². The number of amides is 1. The van der Waals surface area contributed by atoms with Crippen LogP contribution in [0.25, 0.3) is 0 Å². The molecule has 1 atom stereocenters. The third-order valence-corrected chi connectivity index (χ3v) is 7.16. The summed E-state index contributed by atoms with van der Waals surface area (Å²) in [5.41, 5.74) is 2.08. The lowest BCUT2D eigenvalue weighted by Gasteiger charge is -2.21. The Morgan fingerprint density at radius 3 is 2.83 bits per heavy atom. The lowest BCUT2D eigenvalue weighted by atomic mass is 10.0. The lowest BCUT2D eigenvalue weighted by molar-refractivity contribution is 0.0926. The molecular weight excluding hydrogens is 358 g/mol. The number of aryl methyl sites for hydroxylation is 1. The van der Waals surface area contributed by atoms with Crippen LogP contribution in [0.4, 0.5) is 0 Å². The fraction of sp³-hybridized carbons (Fsp3) is 0.353. The van der Waals surface area contributed by atoms with Gasteiger partial charge in [0.2, 0.25) is 0 Å². The van der Waals surface area contributed by atoms with E-state index in [1.165, 1.54) is 0 Å². The molecular formula is C17H17N3OS3. The summed E-state index contributed by atoms with van der Waals surface area (Å²) >= 11 is 5.06. The minimum atomic E-state index is -0.709. The zero-order valence-electron chi connectivity index (χ0n) is 13.2. The van der Waals surface area contributed by atoms with E-state index < -0.39 is 5.54 Å². The molecule has 24 heavy (non-hydrogen) atoms. The Bertz CT molecular complexity index is 758. The number of rotatable bonds is 5. The Kier molecular flexibility index (Phi) is 5.49. The van der Waals surface area contributed by atoms with Crippen molar-refractivity contribution >= 4 is 40.8 Å². The van der Waals surface area contributed by atoms with Gasteiger partial charge in [-0.2, -0.15) is 17.0 Å². The molecule has 1 aliphatic heterocycles. The van der Waals surface area contributed by atoms with Gasteiger partial charge in [-0.15, -0.1) is 11.3 Å². The van der Waals surface area contributed by atoms with Crippen LogP contribution in [-0.4, -0.2) is 27.9 Å². The van der Waals surface area contributed by atoms with Gasteiger partial charge in [0.25, 0.3) is 5.91 Å². The first kappa shape index (κ1) is 17.3. The monoisotopic (exact) mass is 375 g/mol. The molecule has 2 heterocycles. The molecule has 0 unspecified atom stereocenters. The summed E-state index contributed by atoms with van der Waals surface area (Å²) in [6.45, 7) is 1.99. The van der Waals surface area contributed by atoms with Crippen molar-refractivity contribution in [3.05, 3.63) is 46.5 Å². The van der Waals surface area contributed by atoms with Crippen molar-refractivity contribution in [1.29, 1.82) is 5.26 Å². The van der Waals surface area contributed by atoms with E-state index in [0.717, 1.165) is 27.1 Å². The molecule has 4 nitrogen and oxygen atoms in total. The summed E-state index contributed by atoms with van der Waals surface area (Å²) in [4.78, 5) is 16.8. The van der Waals surface area contributed by atoms with Crippen molar-refractivity contribution in [3.8, 4) is 6.07 Å². The van der Waals surface area contributed by atoms with E-state index in [9.17, 15) is 10.1 Å². The maximum absolute atomic E-state index is 12.4. The molecule has 1 aromatic carbocycles. The quantitative estimate of drug-likeness (QED) is 0.804. The molecule has 1 aliphatic rings. The standard InChI is InChI=1S/C17H17N3OS3/c1-12-8-23-16(19-12)24-9-13-2-4-14(5-3-13)15(21)20-17(10-18)6-7-22-11-17/h2-5,8H,6-7,9,11H2,1H3,(H,20,21)/t17-/m0/s1. The highest BCUT2D eigenvalue weighted by atomic mass is 32.2. The van der Waals surface area contributed by atoms with Crippen LogP contribution in [0.5, 0.6) is 0 Å². The van der Waals surface area contributed by atoms with Crippen LogP contribution in [0.3, 0.4) is 0 Å². The summed E-state index contributed by atoms with van der Waals surface area (Å²) in [7, 11) is 0. The van der Waals surface area contributed by atoms with Gasteiger partial charge < -0.3 is 5.32 Å². The zero-order chi connectivity index (χ0) is 17.0. The first-order chi connectivity index (χ1) is 11.6. The summed E-state index contributed by atoms with van der Waals surface area (Å²) in [6.07, 6.45) is 0.710. The Labute approximate surface area is 154 Å². The van der Waals surface area contributed by atoms with Crippen LogP contribution in [0.15, 0.2) is 34.0 Å². The third kappa shape index (κ3) is 4.12. The third-order valence-electron chi connectivity index (χ3n) is 3.76. The van der Waals surface area contributed by atoms with Crippen molar-refractivity contribution in [2.24, 2.45) is 0 Å². The molecule has 0 saturated carbocycles. The highest BCUT2D eigenvalue weighted by Gasteiger charge is 2.36. The number of nitrogens with one attached hydrogen (secondary N) is 1. The van der Waals surface area contributed by atoms with E-state index >= 15 is 0 Å². The number of hydrogen-bond acceptors (Lipinski definition) is 6. The van der Waals surface area contributed by atoms with Crippen LogP contribution >= 0.6 is 34.9 Å². The van der Waals surface area contributed by atoms with E-state index in [-0.39, 0.29) is 5.91 Å². The molecule has 1 saturated heterocycles. The number of carbonyl (C=O) groups is 1. The second kappa shape index (κ2) is 7.60. The molecule has 0 bridgehead atoms. The van der Waals surface area contributed by atoms with Crippen molar-refractivity contribution in [2.45, 2.75) is 29.0 Å². The van der Waals surface area contributed by atoms with Gasteiger partial charge in [0, 0.05) is 28.1 Å². The highest BCUT2D eigenvalue weighted by molar-refractivity contribution is 8.00. The molecule has 7 heteroatoms. The maximum Gasteiger partial charge on any atom is 0.252 e. The molecule has 1 aromatic heterocycles. The number of nitriles is 1. The molecule has 3 rings (SSSR count). The summed E-state index contributed by atoms with van der Waals surface area (Å²) in [5.74, 6) is 2.24. The Morgan fingerprint density at radius 1 is 1.46 bits per heavy atom. The van der Waals surface area contributed by atoms with Crippen LogP contribution in [0, 0.1) is 18.3 Å². The second-order valence-corrected chi connectivity index (χ2v) is 8.88. The fourth-order valence-electron chi connectivity index (χ4n) is 2.37. The first-order valence-electron chi connectivity index (χ1n) is 7.56. The molecule has 2 aromatic rings. The zero-order valence-corrected chi connectivity index (χ0v) is 15.7. The number of thiazole rings is 1. The van der Waals surface area contributed by atoms with E-state index in [1.807, 2.05) is 36.6 Å². The molecule has 124 valence electrons. The molecule has 0 radical (unpaired) electrons. The average Bonchev–Trinajstić information content (AvgIpc) is 3.23.